The molecule has 1 atom stereocenters. The van der Waals surface area contributed by atoms with E-state index in [1.807, 2.05) is 47.4 Å². The molecule has 1 amide bonds. The van der Waals surface area contributed by atoms with Crippen LogP contribution in [-0.2, 0) is 6.54 Å². The Morgan fingerprint density at radius 2 is 1.66 bits per heavy atom. The van der Waals surface area contributed by atoms with Crippen molar-refractivity contribution in [3.05, 3.63) is 107 Å². The maximum Gasteiger partial charge on any atom is 0.254 e. The van der Waals surface area contributed by atoms with Gasteiger partial charge in [-0.25, -0.2) is 0 Å². The van der Waals surface area contributed by atoms with Crippen molar-refractivity contribution < 1.29 is 4.79 Å². The minimum Gasteiger partial charge on any atom is -0.349 e. The normalized spacial score (nSPS) is 16.3. The van der Waals surface area contributed by atoms with E-state index < -0.39 is 0 Å². The fourth-order valence-corrected chi connectivity index (χ4v) is 4.86. The molecule has 0 N–H and O–H groups in total. The highest BCUT2D eigenvalue weighted by atomic mass is 32.1. The SMILES string of the molecule is O=C(c1ccc(-c2ccccc2)cc1)N1CCCn2cccc2C1c1ccsc1. The lowest BCUT2D eigenvalue weighted by atomic mass is 10.0. The van der Waals surface area contributed by atoms with Gasteiger partial charge in [-0.1, -0.05) is 42.5 Å². The Hall–Kier alpha value is -3.11. The first kappa shape index (κ1) is 18.0. The summed E-state index contributed by atoms with van der Waals surface area (Å²) in [4.78, 5) is 15.6. The molecule has 0 saturated heterocycles. The van der Waals surface area contributed by atoms with Gasteiger partial charge in [0.25, 0.3) is 5.91 Å². The molecule has 0 aliphatic carbocycles. The molecule has 2 aromatic heterocycles. The number of amides is 1. The monoisotopic (exact) mass is 398 g/mol. The molecule has 29 heavy (non-hydrogen) atoms. The van der Waals surface area contributed by atoms with E-state index in [-0.39, 0.29) is 11.9 Å². The molecule has 1 aliphatic heterocycles. The summed E-state index contributed by atoms with van der Waals surface area (Å²) < 4.78 is 2.29. The first-order valence-electron chi connectivity index (χ1n) is 9.95. The Bertz CT molecular complexity index is 1100. The van der Waals surface area contributed by atoms with Crippen molar-refractivity contribution in [2.75, 3.05) is 6.54 Å². The standard InChI is InChI=1S/C25H22N2OS/c28-25(21-11-9-20(10-12-21)19-6-2-1-3-7-19)27-16-5-15-26-14-4-8-23(26)24(27)22-13-17-29-18-22/h1-4,6-14,17-18,24H,5,15-16H2. The van der Waals surface area contributed by atoms with E-state index in [2.05, 4.69) is 51.9 Å². The molecule has 3 heterocycles. The number of nitrogens with zero attached hydrogens (tertiary/aromatic N) is 2. The van der Waals surface area contributed by atoms with Gasteiger partial charge < -0.3 is 9.47 Å². The lowest BCUT2D eigenvalue weighted by Crippen LogP contribution is -2.35. The molecular formula is C25H22N2OS. The van der Waals surface area contributed by atoms with Gasteiger partial charge in [-0.2, -0.15) is 11.3 Å². The number of thiophene rings is 1. The molecule has 144 valence electrons. The fourth-order valence-electron chi connectivity index (χ4n) is 4.18. The van der Waals surface area contributed by atoms with Crippen molar-refractivity contribution in [2.45, 2.75) is 19.0 Å². The van der Waals surface area contributed by atoms with E-state index in [9.17, 15) is 4.79 Å². The zero-order valence-electron chi connectivity index (χ0n) is 16.1. The van der Waals surface area contributed by atoms with Crippen molar-refractivity contribution >= 4 is 17.2 Å². The molecule has 2 aromatic carbocycles. The van der Waals surface area contributed by atoms with Gasteiger partial charge in [-0.3, -0.25) is 4.79 Å². The Kier molecular flexibility index (Phi) is 4.78. The number of fused-ring (bicyclic) bond motifs is 1. The van der Waals surface area contributed by atoms with Crippen LogP contribution in [0.15, 0.2) is 89.8 Å². The summed E-state index contributed by atoms with van der Waals surface area (Å²) in [6.45, 7) is 1.70. The van der Waals surface area contributed by atoms with Gasteiger partial charge in [-0.15, -0.1) is 0 Å². The van der Waals surface area contributed by atoms with E-state index in [0.29, 0.717) is 0 Å². The summed E-state index contributed by atoms with van der Waals surface area (Å²) in [7, 11) is 0. The van der Waals surface area contributed by atoms with Gasteiger partial charge in [0, 0.05) is 30.5 Å². The molecular weight excluding hydrogens is 376 g/mol. The van der Waals surface area contributed by atoms with Crippen LogP contribution in [0.5, 0.6) is 0 Å². The van der Waals surface area contributed by atoms with Crippen LogP contribution in [0.3, 0.4) is 0 Å². The molecule has 0 bridgehead atoms. The minimum absolute atomic E-state index is 0.0416. The lowest BCUT2D eigenvalue weighted by molar-refractivity contribution is 0.0710. The van der Waals surface area contributed by atoms with E-state index in [0.717, 1.165) is 36.2 Å². The van der Waals surface area contributed by atoms with Crippen LogP contribution in [0.25, 0.3) is 11.1 Å². The third kappa shape index (κ3) is 3.40. The Balaban J connectivity index is 1.49. The minimum atomic E-state index is -0.0416. The second-order valence-corrected chi connectivity index (χ2v) is 8.16. The average molecular weight is 399 g/mol. The number of carbonyl (C=O) groups is 1. The number of hydrogen-bond acceptors (Lipinski definition) is 2. The topological polar surface area (TPSA) is 25.2 Å². The van der Waals surface area contributed by atoms with Gasteiger partial charge in [0.1, 0.15) is 0 Å². The van der Waals surface area contributed by atoms with Gasteiger partial charge in [0.15, 0.2) is 0 Å². The van der Waals surface area contributed by atoms with E-state index >= 15 is 0 Å². The molecule has 4 heteroatoms. The fraction of sp³-hybridized carbons (Fsp3) is 0.160. The zero-order chi connectivity index (χ0) is 19.6. The number of rotatable bonds is 3. The van der Waals surface area contributed by atoms with Gasteiger partial charge in [-0.05, 0) is 64.2 Å². The number of aromatic nitrogens is 1. The zero-order valence-corrected chi connectivity index (χ0v) is 16.9. The maximum atomic E-state index is 13.6. The van der Waals surface area contributed by atoms with E-state index in [4.69, 9.17) is 0 Å². The van der Waals surface area contributed by atoms with Crippen LogP contribution in [0, 0.1) is 0 Å². The van der Waals surface area contributed by atoms with Gasteiger partial charge in [0.2, 0.25) is 0 Å². The number of carbonyl (C=O) groups excluding carboxylic acids is 1. The first-order chi connectivity index (χ1) is 14.3. The van der Waals surface area contributed by atoms with Gasteiger partial charge in [0.05, 0.1) is 6.04 Å². The Morgan fingerprint density at radius 3 is 2.41 bits per heavy atom. The van der Waals surface area contributed by atoms with E-state index in [1.54, 1.807) is 11.3 Å². The molecule has 0 radical (unpaired) electrons. The van der Waals surface area contributed by atoms with Crippen LogP contribution >= 0.6 is 11.3 Å². The van der Waals surface area contributed by atoms with Crippen molar-refractivity contribution in [1.29, 1.82) is 0 Å². The number of hydrogen-bond donors (Lipinski definition) is 0. The number of benzene rings is 2. The third-order valence-electron chi connectivity index (χ3n) is 5.61. The largest absolute Gasteiger partial charge is 0.349 e. The smallest absolute Gasteiger partial charge is 0.254 e. The van der Waals surface area contributed by atoms with Gasteiger partial charge >= 0.3 is 0 Å². The molecule has 4 aromatic rings. The van der Waals surface area contributed by atoms with Crippen LogP contribution in [0.2, 0.25) is 0 Å². The number of aryl methyl sites for hydroxylation is 1. The van der Waals surface area contributed by atoms with Crippen LogP contribution in [-0.4, -0.2) is 21.9 Å². The summed E-state index contributed by atoms with van der Waals surface area (Å²) in [5, 5.41) is 4.25. The highest BCUT2D eigenvalue weighted by Gasteiger charge is 2.31. The Morgan fingerprint density at radius 1 is 0.862 bits per heavy atom. The molecule has 1 aliphatic rings. The highest BCUT2D eigenvalue weighted by Crippen LogP contribution is 2.34. The molecule has 0 saturated carbocycles. The molecule has 1 unspecified atom stereocenters. The second kappa shape index (κ2) is 7.72. The molecule has 0 spiro atoms. The summed E-state index contributed by atoms with van der Waals surface area (Å²) in [5.74, 6) is 0.0930. The predicted molar refractivity (Wildman–Crippen MR) is 118 cm³/mol. The van der Waals surface area contributed by atoms with Crippen molar-refractivity contribution in [1.82, 2.24) is 9.47 Å². The summed E-state index contributed by atoms with van der Waals surface area (Å²) in [5.41, 5.74) is 5.41. The van der Waals surface area contributed by atoms with Crippen LogP contribution < -0.4 is 0 Å². The van der Waals surface area contributed by atoms with Crippen molar-refractivity contribution in [3.8, 4) is 11.1 Å². The van der Waals surface area contributed by atoms with E-state index in [1.165, 1.54) is 11.3 Å². The summed E-state index contributed by atoms with van der Waals surface area (Å²) in [6.07, 6.45) is 3.08. The molecule has 3 nitrogen and oxygen atoms in total. The first-order valence-corrected chi connectivity index (χ1v) is 10.9. The quantitative estimate of drug-likeness (QED) is 0.425. The lowest BCUT2D eigenvalue weighted by Gasteiger charge is -2.30. The molecule has 5 rings (SSSR count). The maximum absolute atomic E-state index is 13.6. The van der Waals surface area contributed by atoms with Crippen LogP contribution in [0.1, 0.15) is 34.1 Å². The summed E-state index contributed by atoms with van der Waals surface area (Å²) in [6, 6.07) is 24.6. The van der Waals surface area contributed by atoms with Crippen LogP contribution in [0.4, 0.5) is 0 Å². The third-order valence-corrected chi connectivity index (χ3v) is 6.31. The van der Waals surface area contributed by atoms with Crippen molar-refractivity contribution in [3.63, 3.8) is 0 Å². The van der Waals surface area contributed by atoms with Crippen molar-refractivity contribution in [2.24, 2.45) is 0 Å². The molecule has 0 fully saturated rings. The highest BCUT2D eigenvalue weighted by molar-refractivity contribution is 7.08. The predicted octanol–water partition coefficient (Wildman–Crippen LogP) is 5.85. The average Bonchev–Trinajstić information content (AvgIpc) is 3.44. The Labute approximate surface area is 174 Å². The summed E-state index contributed by atoms with van der Waals surface area (Å²) >= 11 is 1.68. The second-order valence-electron chi connectivity index (χ2n) is 7.38.